The van der Waals surface area contributed by atoms with Gasteiger partial charge in [-0.3, -0.25) is 5.10 Å². The molecule has 0 unspecified atom stereocenters. The minimum absolute atomic E-state index is 0.411. The van der Waals surface area contributed by atoms with E-state index in [2.05, 4.69) is 33.9 Å². The van der Waals surface area contributed by atoms with E-state index < -0.39 is 0 Å². The minimum atomic E-state index is 0.411. The highest BCUT2D eigenvalue weighted by molar-refractivity contribution is 5.27. The number of nitrogens with one attached hydrogen (secondary N) is 1. The van der Waals surface area contributed by atoms with Gasteiger partial charge in [-0.1, -0.05) is 0 Å². The number of nitrogens with zero attached hydrogens (tertiary/aromatic N) is 3. The zero-order valence-electron chi connectivity index (χ0n) is 7.54. The van der Waals surface area contributed by atoms with E-state index in [1.807, 2.05) is 0 Å². The summed E-state index contributed by atoms with van der Waals surface area (Å²) in [6.07, 6.45) is 0. The minimum Gasteiger partial charge on any atom is -0.340 e. The molecule has 3 N–H and O–H groups in total. The molecule has 68 valence electrons. The Labute approximate surface area is 72.0 Å². The van der Waals surface area contributed by atoms with Crippen LogP contribution >= 0.6 is 0 Å². The molecule has 5 heteroatoms. The third-order valence-corrected chi connectivity index (χ3v) is 1.76. The maximum Gasteiger partial charge on any atom is 0.244 e. The number of hydrogen-bond acceptors (Lipinski definition) is 4. The molecule has 0 aliphatic heterocycles. The molecule has 1 rings (SSSR count). The molecule has 0 bridgehead atoms. The van der Waals surface area contributed by atoms with E-state index in [-0.39, 0.29) is 0 Å². The van der Waals surface area contributed by atoms with Crippen molar-refractivity contribution in [3.63, 3.8) is 0 Å². The van der Waals surface area contributed by atoms with Crippen LogP contribution in [0.5, 0.6) is 0 Å². The number of H-pyrrole nitrogens is 1. The van der Waals surface area contributed by atoms with Crippen LogP contribution in [0.1, 0.15) is 19.7 Å². The van der Waals surface area contributed by atoms with Crippen molar-refractivity contribution in [2.75, 3.05) is 18.0 Å². The van der Waals surface area contributed by atoms with Crippen molar-refractivity contribution in [1.82, 2.24) is 15.2 Å². The van der Waals surface area contributed by atoms with Crippen LogP contribution < -0.4 is 10.6 Å². The van der Waals surface area contributed by atoms with Crippen LogP contribution in [-0.2, 0) is 6.54 Å². The Morgan fingerprint density at radius 1 is 1.42 bits per heavy atom. The first-order valence-corrected chi connectivity index (χ1v) is 4.18. The number of anilines is 1. The Balaban J connectivity index is 2.72. The second-order valence-corrected chi connectivity index (χ2v) is 2.46. The Morgan fingerprint density at radius 3 is 2.50 bits per heavy atom. The first-order valence-electron chi connectivity index (χ1n) is 4.18. The van der Waals surface area contributed by atoms with Crippen LogP contribution in [0.4, 0.5) is 5.95 Å². The highest BCUT2D eigenvalue weighted by Crippen LogP contribution is 2.04. The normalized spacial score (nSPS) is 10.2. The fraction of sp³-hybridized carbons (Fsp3) is 0.714. The molecule has 5 nitrogen and oxygen atoms in total. The molecule has 0 atom stereocenters. The average molecular weight is 169 g/mol. The van der Waals surface area contributed by atoms with Crippen molar-refractivity contribution < 1.29 is 0 Å². The van der Waals surface area contributed by atoms with Crippen molar-refractivity contribution in [3.05, 3.63) is 5.82 Å². The van der Waals surface area contributed by atoms with Gasteiger partial charge < -0.3 is 10.6 Å². The Bertz CT molecular complexity index is 227. The summed E-state index contributed by atoms with van der Waals surface area (Å²) in [4.78, 5) is 6.27. The Morgan fingerprint density at radius 2 is 2.08 bits per heavy atom. The predicted octanol–water partition coefficient (Wildman–Crippen LogP) is 0.110. The number of hydrogen-bond donors (Lipinski definition) is 2. The van der Waals surface area contributed by atoms with Crippen molar-refractivity contribution in [1.29, 1.82) is 0 Å². The molecule has 0 aliphatic rings. The van der Waals surface area contributed by atoms with Gasteiger partial charge in [-0.25, -0.2) is 0 Å². The fourth-order valence-corrected chi connectivity index (χ4v) is 1.02. The van der Waals surface area contributed by atoms with Crippen LogP contribution in [-0.4, -0.2) is 28.3 Å². The van der Waals surface area contributed by atoms with Gasteiger partial charge in [0.2, 0.25) is 5.95 Å². The van der Waals surface area contributed by atoms with E-state index in [9.17, 15) is 0 Å². The number of rotatable bonds is 4. The molecule has 0 spiro atoms. The third kappa shape index (κ3) is 1.73. The molecule has 12 heavy (non-hydrogen) atoms. The molecule has 0 amide bonds. The summed E-state index contributed by atoms with van der Waals surface area (Å²) < 4.78 is 0. The average Bonchev–Trinajstić information content (AvgIpc) is 2.55. The SMILES string of the molecule is CCN(CC)c1n[nH]c(CN)n1. The maximum atomic E-state index is 5.39. The number of aromatic amines is 1. The monoisotopic (exact) mass is 169 g/mol. The molecule has 0 fully saturated rings. The molecule has 0 saturated heterocycles. The lowest BCUT2D eigenvalue weighted by Gasteiger charge is -2.14. The lowest BCUT2D eigenvalue weighted by molar-refractivity contribution is 0.824. The van der Waals surface area contributed by atoms with Crippen LogP contribution in [0.25, 0.3) is 0 Å². The Hall–Kier alpha value is -1.10. The summed E-state index contributed by atoms with van der Waals surface area (Å²) in [6, 6.07) is 0. The van der Waals surface area contributed by atoms with Crippen molar-refractivity contribution >= 4 is 5.95 Å². The first-order chi connectivity index (χ1) is 5.81. The second kappa shape index (κ2) is 4.06. The lowest BCUT2D eigenvalue weighted by Crippen LogP contribution is -2.23. The molecule has 0 radical (unpaired) electrons. The van der Waals surface area contributed by atoms with E-state index in [4.69, 9.17) is 5.73 Å². The molecule has 1 heterocycles. The summed E-state index contributed by atoms with van der Waals surface area (Å²) >= 11 is 0. The molecule has 0 aliphatic carbocycles. The highest BCUT2D eigenvalue weighted by Gasteiger charge is 2.06. The van der Waals surface area contributed by atoms with Gasteiger partial charge in [0, 0.05) is 13.1 Å². The van der Waals surface area contributed by atoms with E-state index in [1.165, 1.54) is 0 Å². The summed E-state index contributed by atoms with van der Waals surface area (Å²) in [5.41, 5.74) is 5.39. The summed E-state index contributed by atoms with van der Waals surface area (Å²) in [7, 11) is 0. The van der Waals surface area contributed by atoms with Gasteiger partial charge in [-0.15, -0.1) is 5.10 Å². The first kappa shape index (κ1) is 8.99. The van der Waals surface area contributed by atoms with Crippen LogP contribution in [0.15, 0.2) is 0 Å². The third-order valence-electron chi connectivity index (χ3n) is 1.76. The fourth-order valence-electron chi connectivity index (χ4n) is 1.02. The van der Waals surface area contributed by atoms with Gasteiger partial charge in [0.1, 0.15) is 5.82 Å². The summed E-state index contributed by atoms with van der Waals surface area (Å²) in [5, 5.41) is 6.82. The molecule has 0 aromatic carbocycles. The van der Waals surface area contributed by atoms with Crippen molar-refractivity contribution in [2.45, 2.75) is 20.4 Å². The Kier molecular flexibility index (Phi) is 3.04. The standard InChI is InChI=1S/C7H15N5/c1-3-12(4-2)7-9-6(5-8)10-11-7/h3-5,8H2,1-2H3,(H,9,10,11). The van der Waals surface area contributed by atoms with Crippen LogP contribution in [0, 0.1) is 0 Å². The van der Waals surface area contributed by atoms with Gasteiger partial charge in [-0.2, -0.15) is 4.98 Å². The maximum absolute atomic E-state index is 5.39. The highest BCUT2D eigenvalue weighted by atomic mass is 15.4. The van der Waals surface area contributed by atoms with Gasteiger partial charge in [0.15, 0.2) is 0 Å². The molecule has 1 aromatic rings. The van der Waals surface area contributed by atoms with E-state index in [0.717, 1.165) is 24.9 Å². The van der Waals surface area contributed by atoms with Crippen LogP contribution in [0.2, 0.25) is 0 Å². The predicted molar refractivity (Wildman–Crippen MR) is 47.8 cm³/mol. The quantitative estimate of drug-likeness (QED) is 0.671. The zero-order valence-corrected chi connectivity index (χ0v) is 7.54. The van der Waals surface area contributed by atoms with E-state index in [1.54, 1.807) is 0 Å². The number of nitrogens with two attached hydrogens (primary N) is 1. The molecule has 1 aromatic heterocycles. The zero-order chi connectivity index (χ0) is 8.97. The van der Waals surface area contributed by atoms with Crippen LogP contribution in [0.3, 0.4) is 0 Å². The van der Waals surface area contributed by atoms with E-state index in [0.29, 0.717) is 6.54 Å². The van der Waals surface area contributed by atoms with Gasteiger partial charge in [0.05, 0.1) is 6.54 Å². The largest absolute Gasteiger partial charge is 0.340 e. The van der Waals surface area contributed by atoms with Gasteiger partial charge in [-0.05, 0) is 13.8 Å². The molecular weight excluding hydrogens is 154 g/mol. The van der Waals surface area contributed by atoms with Gasteiger partial charge in [0.25, 0.3) is 0 Å². The molecular formula is C7H15N5. The summed E-state index contributed by atoms with van der Waals surface area (Å²) in [5.74, 6) is 1.47. The topological polar surface area (TPSA) is 70.8 Å². The summed E-state index contributed by atoms with van der Waals surface area (Å²) in [6.45, 7) is 6.38. The number of aromatic nitrogens is 3. The van der Waals surface area contributed by atoms with Gasteiger partial charge >= 0.3 is 0 Å². The lowest BCUT2D eigenvalue weighted by atomic mass is 10.5. The van der Waals surface area contributed by atoms with Crippen molar-refractivity contribution in [3.8, 4) is 0 Å². The molecule has 0 saturated carbocycles. The smallest absolute Gasteiger partial charge is 0.244 e. The van der Waals surface area contributed by atoms with E-state index >= 15 is 0 Å². The van der Waals surface area contributed by atoms with Crippen molar-refractivity contribution in [2.24, 2.45) is 5.73 Å². The second-order valence-electron chi connectivity index (χ2n) is 2.46.